The van der Waals surface area contributed by atoms with Crippen molar-refractivity contribution in [1.29, 1.82) is 0 Å². The van der Waals surface area contributed by atoms with Gasteiger partial charge in [0.1, 0.15) is 10.3 Å². The molecule has 5 heteroatoms. The van der Waals surface area contributed by atoms with Crippen molar-refractivity contribution in [3.63, 3.8) is 0 Å². The van der Waals surface area contributed by atoms with Crippen LogP contribution < -0.4 is 5.56 Å². The average molecular weight is 334 g/mol. The van der Waals surface area contributed by atoms with Crippen LogP contribution in [0.1, 0.15) is 42.9 Å². The number of rotatable bonds is 2. The maximum Gasteiger partial charge on any atom is 0.287 e. The Morgan fingerprint density at radius 2 is 2.10 bits per heavy atom. The second-order valence-corrected chi connectivity index (χ2v) is 6.08. The van der Waals surface area contributed by atoms with E-state index in [2.05, 4.69) is 30.9 Å². The van der Waals surface area contributed by atoms with Crippen molar-refractivity contribution in [2.24, 2.45) is 0 Å². The van der Waals surface area contributed by atoms with Crippen molar-refractivity contribution in [1.82, 2.24) is 15.0 Å². The van der Waals surface area contributed by atoms with Gasteiger partial charge in [0.15, 0.2) is 0 Å². The van der Waals surface area contributed by atoms with Crippen molar-refractivity contribution in [3.8, 4) is 11.4 Å². The highest BCUT2D eigenvalue weighted by Gasteiger charge is 2.22. The van der Waals surface area contributed by atoms with E-state index in [9.17, 15) is 4.79 Å². The largest absolute Gasteiger partial charge is 0.342 e. The molecule has 2 aromatic rings. The van der Waals surface area contributed by atoms with Crippen LogP contribution in [-0.4, -0.2) is 15.0 Å². The molecule has 0 spiro atoms. The van der Waals surface area contributed by atoms with E-state index in [1.165, 1.54) is 12.8 Å². The van der Waals surface area contributed by atoms with Crippen LogP contribution in [0, 0.1) is 6.92 Å². The molecular weight excluding hydrogens is 318 g/mol. The molecule has 0 aliphatic heterocycles. The highest BCUT2D eigenvalue weighted by atomic mass is 79.9. The minimum atomic E-state index is -0.197. The van der Waals surface area contributed by atoms with Gasteiger partial charge >= 0.3 is 0 Å². The van der Waals surface area contributed by atoms with E-state index >= 15 is 0 Å². The molecule has 1 aliphatic carbocycles. The van der Waals surface area contributed by atoms with E-state index in [0.29, 0.717) is 16.2 Å². The molecule has 0 aromatic carbocycles. The SMILES string of the molecule is Cc1cnccc1-c1nc(=O)c(Br)c(C2CCCC2)[nH]1. The molecule has 1 saturated carbocycles. The van der Waals surface area contributed by atoms with Crippen molar-refractivity contribution in [3.05, 3.63) is 44.5 Å². The fourth-order valence-electron chi connectivity index (χ4n) is 2.84. The minimum absolute atomic E-state index is 0.197. The quantitative estimate of drug-likeness (QED) is 0.913. The topological polar surface area (TPSA) is 58.6 Å². The van der Waals surface area contributed by atoms with E-state index in [4.69, 9.17) is 0 Å². The van der Waals surface area contributed by atoms with Gasteiger partial charge in [-0.3, -0.25) is 9.78 Å². The summed E-state index contributed by atoms with van der Waals surface area (Å²) in [5, 5.41) is 0. The number of aryl methyl sites for hydroxylation is 1. The number of pyridine rings is 1. The standard InChI is InChI=1S/C15H16BrN3O/c1-9-8-17-7-6-11(9)14-18-13(10-4-2-3-5-10)12(16)15(20)19-14/h6-8,10H,2-5H2,1H3,(H,18,19,20). The molecule has 4 nitrogen and oxygen atoms in total. The molecule has 104 valence electrons. The molecule has 1 N–H and O–H groups in total. The lowest BCUT2D eigenvalue weighted by Crippen LogP contribution is -2.15. The number of H-pyrrole nitrogens is 1. The highest BCUT2D eigenvalue weighted by Crippen LogP contribution is 2.36. The lowest BCUT2D eigenvalue weighted by Gasteiger charge is -2.13. The van der Waals surface area contributed by atoms with Crippen molar-refractivity contribution >= 4 is 15.9 Å². The minimum Gasteiger partial charge on any atom is -0.342 e. The Balaban J connectivity index is 2.14. The number of aromatic amines is 1. The molecule has 3 rings (SSSR count). The van der Waals surface area contributed by atoms with Gasteiger partial charge in [-0.1, -0.05) is 12.8 Å². The number of hydrogen-bond acceptors (Lipinski definition) is 3. The van der Waals surface area contributed by atoms with Crippen LogP contribution in [0.4, 0.5) is 0 Å². The van der Waals surface area contributed by atoms with Gasteiger partial charge in [0.05, 0.1) is 0 Å². The Bertz CT molecular complexity index is 690. The van der Waals surface area contributed by atoms with Gasteiger partial charge < -0.3 is 4.98 Å². The first-order valence-electron chi connectivity index (χ1n) is 6.87. The summed E-state index contributed by atoms with van der Waals surface area (Å²) in [5.74, 6) is 1.07. The first kappa shape index (κ1) is 13.5. The molecule has 0 radical (unpaired) electrons. The Morgan fingerprint density at radius 1 is 1.35 bits per heavy atom. The summed E-state index contributed by atoms with van der Waals surface area (Å²) in [6, 6.07) is 1.89. The Morgan fingerprint density at radius 3 is 2.80 bits per heavy atom. The van der Waals surface area contributed by atoms with Crippen LogP contribution in [-0.2, 0) is 0 Å². The van der Waals surface area contributed by atoms with Crippen LogP contribution in [0.2, 0.25) is 0 Å². The first-order valence-corrected chi connectivity index (χ1v) is 7.67. The summed E-state index contributed by atoms with van der Waals surface area (Å²) in [4.78, 5) is 23.7. The highest BCUT2D eigenvalue weighted by molar-refractivity contribution is 9.10. The third kappa shape index (κ3) is 2.42. The molecular formula is C15H16BrN3O. The number of halogens is 1. The number of nitrogens with zero attached hydrogens (tertiary/aromatic N) is 2. The Hall–Kier alpha value is -1.49. The fourth-order valence-corrected chi connectivity index (χ4v) is 3.35. The molecule has 1 aliphatic rings. The molecule has 2 aromatic heterocycles. The zero-order valence-electron chi connectivity index (χ0n) is 11.3. The third-order valence-corrected chi connectivity index (χ3v) is 4.70. The summed E-state index contributed by atoms with van der Waals surface area (Å²) in [7, 11) is 0. The van der Waals surface area contributed by atoms with Crippen LogP contribution in [0.25, 0.3) is 11.4 Å². The summed E-state index contributed by atoms with van der Waals surface area (Å²) in [6.07, 6.45) is 8.23. The molecule has 0 saturated heterocycles. The molecule has 0 unspecified atom stereocenters. The Kier molecular flexibility index (Phi) is 3.70. The zero-order valence-corrected chi connectivity index (χ0v) is 12.9. The second kappa shape index (κ2) is 5.48. The van der Waals surface area contributed by atoms with Crippen molar-refractivity contribution in [2.45, 2.75) is 38.5 Å². The molecule has 20 heavy (non-hydrogen) atoms. The summed E-state index contributed by atoms with van der Waals surface area (Å²) >= 11 is 3.40. The molecule has 0 atom stereocenters. The monoisotopic (exact) mass is 333 g/mol. The predicted octanol–water partition coefficient (Wildman–Crippen LogP) is 3.56. The summed E-state index contributed by atoms with van der Waals surface area (Å²) < 4.78 is 0.583. The number of nitrogens with one attached hydrogen (secondary N) is 1. The van der Waals surface area contributed by atoms with Gasteiger partial charge in [0.2, 0.25) is 0 Å². The van der Waals surface area contributed by atoms with Gasteiger partial charge in [0, 0.05) is 29.6 Å². The summed E-state index contributed by atoms with van der Waals surface area (Å²) in [6.45, 7) is 1.97. The van der Waals surface area contributed by atoms with Gasteiger partial charge in [-0.25, -0.2) is 0 Å². The third-order valence-electron chi connectivity index (χ3n) is 3.93. The molecule has 0 amide bonds. The first-order chi connectivity index (χ1) is 9.66. The normalized spacial score (nSPS) is 15.7. The average Bonchev–Trinajstić information content (AvgIpc) is 2.96. The van der Waals surface area contributed by atoms with E-state index in [1.54, 1.807) is 12.4 Å². The van der Waals surface area contributed by atoms with Gasteiger partial charge in [-0.05, 0) is 47.3 Å². The molecule has 0 bridgehead atoms. The van der Waals surface area contributed by atoms with E-state index in [-0.39, 0.29) is 5.56 Å². The predicted molar refractivity (Wildman–Crippen MR) is 81.7 cm³/mol. The zero-order chi connectivity index (χ0) is 14.1. The molecule has 1 fully saturated rings. The van der Waals surface area contributed by atoms with Gasteiger partial charge in [-0.2, -0.15) is 4.98 Å². The van der Waals surface area contributed by atoms with Crippen molar-refractivity contribution < 1.29 is 0 Å². The van der Waals surface area contributed by atoms with E-state index in [1.807, 2.05) is 13.0 Å². The molecule has 2 heterocycles. The summed E-state index contributed by atoms with van der Waals surface area (Å²) in [5.41, 5.74) is 2.74. The maximum absolute atomic E-state index is 12.1. The lowest BCUT2D eigenvalue weighted by atomic mass is 10.0. The van der Waals surface area contributed by atoms with Crippen LogP contribution in [0.3, 0.4) is 0 Å². The maximum atomic E-state index is 12.1. The smallest absolute Gasteiger partial charge is 0.287 e. The van der Waals surface area contributed by atoms with Crippen LogP contribution in [0.5, 0.6) is 0 Å². The van der Waals surface area contributed by atoms with Gasteiger partial charge in [0.25, 0.3) is 5.56 Å². The van der Waals surface area contributed by atoms with Crippen LogP contribution >= 0.6 is 15.9 Å². The number of aromatic nitrogens is 3. The van der Waals surface area contributed by atoms with Gasteiger partial charge in [-0.15, -0.1) is 0 Å². The van der Waals surface area contributed by atoms with E-state index in [0.717, 1.165) is 29.7 Å². The van der Waals surface area contributed by atoms with Crippen molar-refractivity contribution in [2.75, 3.05) is 0 Å². The van der Waals surface area contributed by atoms with E-state index < -0.39 is 0 Å². The van der Waals surface area contributed by atoms with Crippen LogP contribution in [0.15, 0.2) is 27.7 Å². The Labute approximate surface area is 125 Å². The number of hydrogen-bond donors (Lipinski definition) is 1. The lowest BCUT2D eigenvalue weighted by molar-refractivity contribution is 0.688. The second-order valence-electron chi connectivity index (χ2n) is 5.29. The fraction of sp³-hybridized carbons (Fsp3) is 0.400.